The number of pyridine rings is 1. The Balaban J connectivity index is 1.96. The predicted octanol–water partition coefficient (Wildman–Crippen LogP) is 2.88. The van der Waals surface area contributed by atoms with Crippen LogP contribution in [0.5, 0.6) is 0 Å². The summed E-state index contributed by atoms with van der Waals surface area (Å²) < 4.78 is 2.84. The van der Waals surface area contributed by atoms with Gasteiger partial charge in [0.25, 0.3) is 5.91 Å². The number of hydrogen-bond donors (Lipinski definition) is 0. The second kappa shape index (κ2) is 6.24. The number of amides is 1. The molecule has 2 aromatic rings. The predicted molar refractivity (Wildman–Crippen MR) is 95.0 cm³/mol. The zero-order valence-corrected chi connectivity index (χ0v) is 15.7. The fourth-order valence-corrected chi connectivity index (χ4v) is 3.96. The van der Waals surface area contributed by atoms with Gasteiger partial charge in [0.15, 0.2) is 5.65 Å². The normalized spacial score (nSPS) is 16.9. The maximum atomic E-state index is 13.1. The van der Waals surface area contributed by atoms with Gasteiger partial charge in [0.2, 0.25) is 0 Å². The number of hydrogen-bond acceptors (Lipinski definition) is 3. The van der Waals surface area contributed by atoms with Crippen molar-refractivity contribution in [1.29, 1.82) is 0 Å². The Kier molecular flexibility index (Phi) is 4.47. The van der Waals surface area contributed by atoms with Gasteiger partial charge in [-0.25, -0.2) is 4.98 Å². The number of carbonyl (C=O) groups is 1. The first-order chi connectivity index (χ1) is 10.9. The van der Waals surface area contributed by atoms with E-state index >= 15 is 0 Å². The zero-order valence-electron chi connectivity index (χ0n) is 14.1. The standard InChI is InChI=1S/C17H23BrN4O/c1-11-9-14(18)16-19-12(2)15(22(16)10-11)17(23)21(4)13-5-7-20(3)8-6-13/h9-10,13H,5-8H2,1-4H3. The molecule has 124 valence electrons. The maximum Gasteiger partial charge on any atom is 0.272 e. The number of nitrogens with zero attached hydrogens (tertiary/aromatic N) is 4. The third kappa shape index (κ3) is 3.02. The molecule has 0 N–H and O–H groups in total. The highest BCUT2D eigenvalue weighted by Gasteiger charge is 2.28. The summed E-state index contributed by atoms with van der Waals surface area (Å²) in [6, 6.07) is 2.33. The highest BCUT2D eigenvalue weighted by atomic mass is 79.9. The molecule has 3 heterocycles. The van der Waals surface area contributed by atoms with Gasteiger partial charge < -0.3 is 9.80 Å². The lowest BCUT2D eigenvalue weighted by Crippen LogP contribution is -2.44. The number of piperidine rings is 1. The molecule has 23 heavy (non-hydrogen) atoms. The van der Waals surface area contributed by atoms with Crippen molar-refractivity contribution in [2.75, 3.05) is 27.2 Å². The van der Waals surface area contributed by atoms with Crippen LogP contribution in [0.15, 0.2) is 16.7 Å². The number of imidazole rings is 1. The smallest absolute Gasteiger partial charge is 0.272 e. The summed E-state index contributed by atoms with van der Waals surface area (Å²) in [7, 11) is 4.05. The first kappa shape index (κ1) is 16.5. The van der Waals surface area contributed by atoms with E-state index in [4.69, 9.17) is 0 Å². The quantitative estimate of drug-likeness (QED) is 0.806. The van der Waals surface area contributed by atoms with E-state index < -0.39 is 0 Å². The molecular weight excluding hydrogens is 356 g/mol. The van der Waals surface area contributed by atoms with Crippen LogP contribution < -0.4 is 0 Å². The molecule has 2 aromatic heterocycles. The summed E-state index contributed by atoms with van der Waals surface area (Å²) in [6.45, 7) is 6.01. The molecule has 0 atom stereocenters. The molecule has 5 nitrogen and oxygen atoms in total. The van der Waals surface area contributed by atoms with Gasteiger partial charge in [-0.05, 0) is 74.4 Å². The molecule has 0 spiro atoms. The molecule has 1 fully saturated rings. The van der Waals surface area contributed by atoms with Crippen LogP contribution >= 0.6 is 15.9 Å². The van der Waals surface area contributed by atoms with Gasteiger partial charge in [0.1, 0.15) is 5.69 Å². The Morgan fingerprint density at radius 2 is 2.00 bits per heavy atom. The zero-order chi connectivity index (χ0) is 16.7. The maximum absolute atomic E-state index is 13.1. The van der Waals surface area contributed by atoms with Crippen molar-refractivity contribution in [3.8, 4) is 0 Å². The molecule has 0 radical (unpaired) electrons. The van der Waals surface area contributed by atoms with Crippen LogP contribution in [0.2, 0.25) is 0 Å². The fraction of sp³-hybridized carbons (Fsp3) is 0.529. The average molecular weight is 379 g/mol. The molecule has 3 rings (SSSR count). The highest BCUT2D eigenvalue weighted by Crippen LogP contribution is 2.24. The summed E-state index contributed by atoms with van der Waals surface area (Å²) in [5, 5.41) is 0. The molecule has 6 heteroatoms. The summed E-state index contributed by atoms with van der Waals surface area (Å²) in [6.07, 6.45) is 4.03. The topological polar surface area (TPSA) is 40.9 Å². The number of carbonyl (C=O) groups excluding carboxylic acids is 1. The lowest BCUT2D eigenvalue weighted by molar-refractivity contribution is 0.0652. The van der Waals surface area contributed by atoms with Crippen LogP contribution in [0.3, 0.4) is 0 Å². The van der Waals surface area contributed by atoms with Crippen LogP contribution in [0.25, 0.3) is 5.65 Å². The first-order valence-electron chi connectivity index (χ1n) is 7.99. The minimum absolute atomic E-state index is 0.0575. The van der Waals surface area contributed by atoms with Gasteiger partial charge in [0, 0.05) is 19.3 Å². The van der Waals surface area contributed by atoms with Gasteiger partial charge in [-0.3, -0.25) is 9.20 Å². The van der Waals surface area contributed by atoms with Gasteiger partial charge >= 0.3 is 0 Å². The molecule has 0 aliphatic carbocycles. The van der Waals surface area contributed by atoms with Crippen molar-refractivity contribution in [2.45, 2.75) is 32.7 Å². The molecule has 0 aromatic carbocycles. The van der Waals surface area contributed by atoms with E-state index in [2.05, 4.69) is 32.9 Å². The van der Waals surface area contributed by atoms with Gasteiger partial charge in [-0.2, -0.15) is 0 Å². The van der Waals surface area contributed by atoms with Crippen LogP contribution in [0.4, 0.5) is 0 Å². The number of likely N-dealkylation sites (tertiary alicyclic amines) is 1. The summed E-state index contributed by atoms with van der Waals surface area (Å²) in [5.74, 6) is 0.0575. The van der Waals surface area contributed by atoms with E-state index in [1.807, 2.05) is 42.5 Å². The molecule has 1 aliphatic heterocycles. The van der Waals surface area contributed by atoms with E-state index in [1.54, 1.807) is 0 Å². The second-order valence-corrected chi connectivity index (χ2v) is 7.41. The van der Waals surface area contributed by atoms with Crippen molar-refractivity contribution < 1.29 is 4.79 Å². The van der Waals surface area contributed by atoms with Crippen molar-refractivity contribution in [1.82, 2.24) is 19.2 Å². The lowest BCUT2D eigenvalue weighted by atomic mass is 10.0. The Morgan fingerprint density at radius 1 is 1.35 bits per heavy atom. The largest absolute Gasteiger partial charge is 0.337 e. The first-order valence-corrected chi connectivity index (χ1v) is 8.78. The molecular formula is C17H23BrN4O. The van der Waals surface area contributed by atoms with Crippen molar-refractivity contribution in [2.24, 2.45) is 0 Å². The van der Waals surface area contributed by atoms with E-state index in [-0.39, 0.29) is 5.91 Å². The fourth-order valence-electron chi connectivity index (χ4n) is 3.32. The molecule has 0 unspecified atom stereocenters. The van der Waals surface area contributed by atoms with Gasteiger partial charge in [0.05, 0.1) is 10.2 Å². The second-order valence-electron chi connectivity index (χ2n) is 6.56. The Bertz CT molecular complexity index is 747. The molecule has 1 saturated heterocycles. The summed E-state index contributed by atoms with van der Waals surface area (Å²) in [5.41, 5.74) is 3.35. The Morgan fingerprint density at radius 3 is 2.65 bits per heavy atom. The van der Waals surface area contributed by atoms with Gasteiger partial charge in [-0.15, -0.1) is 0 Å². The molecule has 1 aliphatic rings. The highest BCUT2D eigenvalue weighted by molar-refractivity contribution is 9.10. The van der Waals surface area contributed by atoms with E-state index in [0.717, 1.165) is 47.3 Å². The van der Waals surface area contributed by atoms with Crippen molar-refractivity contribution >= 4 is 27.5 Å². The molecule has 1 amide bonds. The number of aromatic nitrogens is 2. The molecule has 0 saturated carbocycles. The van der Waals surface area contributed by atoms with Crippen LogP contribution in [0.1, 0.15) is 34.6 Å². The number of rotatable bonds is 2. The van der Waals surface area contributed by atoms with Crippen molar-refractivity contribution in [3.05, 3.63) is 33.7 Å². The Labute approximate surface area is 145 Å². The van der Waals surface area contributed by atoms with Crippen LogP contribution in [-0.2, 0) is 0 Å². The van der Waals surface area contributed by atoms with Crippen LogP contribution in [0, 0.1) is 13.8 Å². The third-order valence-corrected chi connectivity index (χ3v) is 5.33. The van der Waals surface area contributed by atoms with Crippen molar-refractivity contribution in [3.63, 3.8) is 0 Å². The number of fused-ring (bicyclic) bond motifs is 1. The SMILES string of the molecule is Cc1cc(Br)c2nc(C)c(C(=O)N(C)C3CCN(C)CC3)n2c1. The molecule has 0 bridgehead atoms. The summed E-state index contributed by atoms with van der Waals surface area (Å²) >= 11 is 3.55. The summed E-state index contributed by atoms with van der Waals surface area (Å²) in [4.78, 5) is 21.9. The number of halogens is 1. The average Bonchev–Trinajstić information content (AvgIpc) is 2.83. The van der Waals surface area contributed by atoms with Crippen LogP contribution in [-0.4, -0.2) is 58.3 Å². The number of aryl methyl sites for hydroxylation is 2. The lowest BCUT2D eigenvalue weighted by Gasteiger charge is -2.35. The van der Waals surface area contributed by atoms with Gasteiger partial charge in [-0.1, -0.05) is 0 Å². The minimum Gasteiger partial charge on any atom is -0.337 e. The monoisotopic (exact) mass is 378 g/mol. The Hall–Kier alpha value is -1.40. The van der Waals surface area contributed by atoms with E-state index in [9.17, 15) is 4.79 Å². The van der Waals surface area contributed by atoms with E-state index in [1.165, 1.54) is 0 Å². The third-order valence-electron chi connectivity index (χ3n) is 4.74. The minimum atomic E-state index is 0.0575. The van der Waals surface area contributed by atoms with E-state index in [0.29, 0.717) is 11.7 Å².